The van der Waals surface area contributed by atoms with Crippen molar-refractivity contribution in [1.82, 2.24) is 4.57 Å². The molecule has 0 saturated heterocycles. The van der Waals surface area contributed by atoms with Crippen LogP contribution in [0.2, 0.25) is 0 Å². The van der Waals surface area contributed by atoms with Crippen molar-refractivity contribution in [3.8, 4) is 5.69 Å². The van der Waals surface area contributed by atoms with E-state index in [0.717, 1.165) is 12.2 Å². The van der Waals surface area contributed by atoms with Crippen molar-refractivity contribution in [3.63, 3.8) is 0 Å². The van der Waals surface area contributed by atoms with E-state index in [9.17, 15) is 0 Å². The molecule has 3 heterocycles. The zero-order chi connectivity index (χ0) is 36.5. The number of nitrogens with zero attached hydrogens (tertiary/aromatic N) is 1. The van der Waals surface area contributed by atoms with E-state index >= 15 is 0 Å². The second-order valence-corrected chi connectivity index (χ2v) is 17.3. The molecule has 1 aliphatic carbocycles. The molecule has 11 rings (SSSR count). The van der Waals surface area contributed by atoms with Crippen molar-refractivity contribution in [2.24, 2.45) is 0 Å². The number of thioether (sulfide) groups is 1. The summed E-state index contributed by atoms with van der Waals surface area (Å²) in [5.74, 6) is 1.71. The molecule has 3 aliphatic rings. The van der Waals surface area contributed by atoms with E-state index in [1.165, 1.54) is 120 Å². The number of aromatic nitrogens is 1. The van der Waals surface area contributed by atoms with Crippen LogP contribution in [0, 0.1) is 0 Å². The Hall–Kier alpha value is -5.25. The summed E-state index contributed by atoms with van der Waals surface area (Å²) in [5.41, 5.74) is 17.7. The van der Waals surface area contributed by atoms with Gasteiger partial charge in [0.05, 0.1) is 16.4 Å². The fourth-order valence-corrected chi connectivity index (χ4v) is 11.6. The van der Waals surface area contributed by atoms with Crippen LogP contribution in [0.3, 0.4) is 0 Å². The average molecular weight is 726 g/mol. The van der Waals surface area contributed by atoms with Crippen LogP contribution >= 0.6 is 11.8 Å². The van der Waals surface area contributed by atoms with Gasteiger partial charge in [0.25, 0.3) is 0 Å². The highest BCUT2D eigenvalue weighted by Gasteiger charge is 2.50. The summed E-state index contributed by atoms with van der Waals surface area (Å²) in [5, 5.41) is 2.68. The van der Waals surface area contributed by atoms with Crippen molar-refractivity contribution in [3.05, 3.63) is 197 Å². The molecule has 1 saturated carbocycles. The Morgan fingerprint density at radius 3 is 2.11 bits per heavy atom. The molecule has 0 atom stereocenters. The molecule has 3 heteroatoms. The SMILES string of the molecule is CCSc1ccc2c(c1)C(c1ccccc1)(c1ccccc1)c1cccc3c1B2c1ccc(-n2c4ccccc4c4ccc(C5CCCCC5)cc42)cc1C3. The first-order valence-electron chi connectivity index (χ1n) is 20.4. The molecule has 2 aliphatic heterocycles. The quantitative estimate of drug-likeness (QED) is 0.122. The average Bonchev–Trinajstić information content (AvgIpc) is 3.58. The number of para-hydroxylation sites is 1. The molecule has 0 unspecified atom stereocenters. The Kier molecular flexibility index (Phi) is 7.95. The first kappa shape index (κ1) is 33.1. The minimum Gasteiger partial charge on any atom is -0.309 e. The second-order valence-electron chi connectivity index (χ2n) is 16.0. The molecule has 266 valence electrons. The van der Waals surface area contributed by atoms with Gasteiger partial charge in [-0.15, -0.1) is 11.8 Å². The summed E-state index contributed by atoms with van der Waals surface area (Å²) in [7, 11) is 0. The Morgan fingerprint density at radius 1 is 0.600 bits per heavy atom. The Bertz CT molecular complexity index is 2700. The lowest BCUT2D eigenvalue weighted by molar-refractivity contribution is 0.444. The lowest BCUT2D eigenvalue weighted by Crippen LogP contribution is -2.65. The Morgan fingerprint density at radius 2 is 1.33 bits per heavy atom. The third kappa shape index (κ3) is 5.02. The molecule has 55 heavy (non-hydrogen) atoms. The number of hydrogen-bond donors (Lipinski definition) is 0. The van der Waals surface area contributed by atoms with Crippen LogP contribution < -0.4 is 16.4 Å². The molecule has 0 amide bonds. The van der Waals surface area contributed by atoms with E-state index in [1.807, 2.05) is 11.8 Å². The van der Waals surface area contributed by atoms with Crippen LogP contribution in [0.5, 0.6) is 0 Å². The standard InChI is InChI=1S/C52H44BNS/c1-2-55-42-27-30-48-46(34-42)52(39-18-8-4-9-19-39,40-20-10-5-11-21-40)45-23-14-17-37-31-38-32-41(26-29-47(38)53(48)51(37)45)54-49-24-13-12-22-43(49)44-28-25-36(33-50(44)54)35-15-6-3-7-16-35/h4-5,8-14,17-30,32-35H,2-3,6-7,15-16,31H2,1H3. The van der Waals surface area contributed by atoms with Gasteiger partial charge in [-0.3, -0.25) is 0 Å². The maximum atomic E-state index is 2.56. The first-order valence-corrected chi connectivity index (χ1v) is 21.4. The summed E-state index contributed by atoms with van der Waals surface area (Å²) in [6.07, 6.45) is 7.61. The summed E-state index contributed by atoms with van der Waals surface area (Å²) in [6.45, 7) is 2.42. The fourth-order valence-electron chi connectivity index (χ4n) is 10.9. The second kappa shape index (κ2) is 13.2. The highest BCUT2D eigenvalue weighted by atomic mass is 32.2. The minimum absolute atomic E-state index is 0.163. The first-order chi connectivity index (χ1) is 27.2. The number of fused-ring (bicyclic) bond motifs is 7. The lowest BCUT2D eigenvalue weighted by Gasteiger charge is -2.46. The van der Waals surface area contributed by atoms with Crippen LogP contribution in [0.4, 0.5) is 0 Å². The van der Waals surface area contributed by atoms with Crippen molar-refractivity contribution in [1.29, 1.82) is 0 Å². The van der Waals surface area contributed by atoms with Gasteiger partial charge < -0.3 is 4.57 Å². The molecular formula is C52H44BNS. The third-order valence-corrected chi connectivity index (χ3v) is 14.1. The maximum Gasteiger partial charge on any atom is 0.242 e. The van der Waals surface area contributed by atoms with Gasteiger partial charge in [0.15, 0.2) is 0 Å². The van der Waals surface area contributed by atoms with Crippen LogP contribution in [0.15, 0.2) is 163 Å². The molecular weight excluding hydrogens is 681 g/mol. The highest BCUT2D eigenvalue weighted by molar-refractivity contribution is 7.99. The van der Waals surface area contributed by atoms with Gasteiger partial charge in [0, 0.05) is 21.4 Å². The fraction of sp³-hybridized carbons (Fsp3) is 0.192. The van der Waals surface area contributed by atoms with Crippen molar-refractivity contribution in [2.75, 3.05) is 5.75 Å². The lowest BCUT2D eigenvalue weighted by atomic mass is 9.28. The van der Waals surface area contributed by atoms with E-state index in [-0.39, 0.29) is 6.71 Å². The smallest absolute Gasteiger partial charge is 0.242 e. The molecule has 0 N–H and O–H groups in total. The van der Waals surface area contributed by atoms with Gasteiger partial charge in [0.2, 0.25) is 6.71 Å². The van der Waals surface area contributed by atoms with Gasteiger partial charge in [-0.2, -0.15) is 0 Å². The van der Waals surface area contributed by atoms with Crippen LogP contribution in [-0.2, 0) is 11.8 Å². The molecule has 1 nitrogen and oxygen atoms in total. The van der Waals surface area contributed by atoms with Gasteiger partial charge in [0.1, 0.15) is 0 Å². The predicted octanol–water partition coefficient (Wildman–Crippen LogP) is 11.1. The summed E-state index contributed by atoms with van der Waals surface area (Å²) in [6, 6.07) is 61.0. The van der Waals surface area contributed by atoms with Crippen LogP contribution in [-0.4, -0.2) is 17.0 Å². The highest BCUT2D eigenvalue weighted by Crippen LogP contribution is 2.48. The van der Waals surface area contributed by atoms with Gasteiger partial charge in [-0.1, -0.05) is 164 Å². The van der Waals surface area contributed by atoms with Crippen molar-refractivity contribution < 1.29 is 0 Å². The van der Waals surface area contributed by atoms with Gasteiger partial charge >= 0.3 is 0 Å². The summed E-state index contributed by atoms with van der Waals surface area (Å²) >= 11 is 1.94. The zero-order valence-electron chi connectivity index (χ0n) is 31.5. The van der Waals surface area contributed by atoms with E-state index in [4.69, 9.17) is 0 Å². The molecule has 1 aromatic heterocycles. The number of hydrogen-bond acceptors (Lipinski definition) is 1. The van der Waals surface area contributed by atoms with Gasteiger partial charge in [-0.25, -0.2) is 0 Å². The van der Waals surface area contributed by atoms with E-state index < -0.39 is 5.41 Å². The summed E-state index contributed by atoms with van der Waals surface area (Å²) in [4.78, 5) is 1.34. The normalized spacial score (nSPS) is 15.8. The predicted molar refractivity (Wildman–Crippen MR) is 235 cm³/mol. The van der Waals surface area contributed by atoms with E-state index in [0.29, 0.717) is 5.92 Å². The zero-order valence-corrected chi connectivity index (χ0v) is 32.3. The molecule has 1 fully saturated rings. The molecule has 0 spiro atoms. The van der Waals surface area contributed by atoms with Crippen LogP contribution in [0.1, 0.15) is 83.9 Å². The molecule has 0 bridgehead atoms. The Balaban J connectivity index is 1.14. The molecule has 7 aromatic carbocycles. The Labute approximate surface area is 329 Å². The molecule has 8 aromatic rings. The largest absolute Gasteiger partial charge is 0.309 e. The third-order valence-electron chi connectivity index (χ3n) is 13.2. The van der Waals surface area contributed by atoms with E-state index in [2.05, 4.69) is 169 Å². The molecule has 0 radical (unpaired) electrons. The maximum absolute atomic E-state index is 2.56. The monoisotopic (exact) mass is 725 g/mol. The van der Waals surface area contributed by atoms with Crippen molar-refractivity contribution >= 4 is 56.7 Å². The minimum atomic E-state index is -0.430. The van der Waals surface area contributed by atoms with Gasteiger partial charge in [-0.05, 0) is 106 Å². The topological polar surface area (TPSA) is 4.93 Å². The van der Waals surface area contributed by atoms with Crippen LogP contribution in [0.25, 0.3) is 27.5 Å². The summed E-state index contributed by atoms with van der Waals surface area (Å²) < 4.78 is 2.56. The van der Waals surface area contributed by atoms with E-state index in [1.54, 1.807) is 0 Å². The van der Waals surface area contributed by atoms with Crippen molar-refractivity contribution in [2.45, 2.75) is 61.7 Å². The number of rotatable bonds is 6. The number of benzene rings is 7.